The van der Waals surface area contributed by atoms with Crippen LogP contribution in [0.25, 0.3) is 10.9 Å². The van der Waals surface area contributed by atoms with Crippen molar-refractivity contribution < 1.29 is 23.9 Å². The van der Waals surface area contributed by atoms with E-state index >= 15 is 0 Å². The minimum Gasteiger partial charge on any atom is -0.494 e. The number of likely N-dealkylation sites (N-methyl/N-ethyl adjacent to an activating group) is 1. The molecule has 4 rings (SSSR count). The Bertz CT molecular complexity index is 1560. The summed E-state index contributed by atoms with van der Waals surface area (Å²) >= 11 is 0. The third-order valence-corrected chi connectivity index (χ3v) is 7.67. The van der Waals surface area contributed by atoms with Gasteiger partial charge in [-0.1, -0.05) is 20.8 Å². The van der Waals surface area contributed by atoms with E-state index in [1.54, 1.807) is 50.4 Å². The smallest absolute Gasteiger partial charge is 0.257 e. The van der Waals surface area contributed by atoms with Crippen molar-refractivity contribution in [2.24, 2.45) is 5.41 Å². The van der Waals surface area contributed by atoms with Gasteiger partial charge in [0.25, 0.3) is 11.8 Å². The highest BCUT2D eigenvalue weighted by molar-refractivity contribution is 6.20. The Hall–Kier alpha value is -4.62. The van der Waals surface area contributed by atoms with E-state index in [1.165, 1.54) is 20.4 Å². The minimum absolute atomic E-state index is 0.176. The van der Waals surface area contributed by atoms with Gasteiger partial charge in [-0.15, -0.1) is 0 Å². The van der Waals surface area contributed by atoms with Gasteiger partial charge in [-0.2, -0.15) is 0 Å². The van der Waals surface area contributed by atoms with Crippen LogP contribution in [0.4, 0.5) is 22.9 Å². The Morgan fingerprint density at radius 3 is 2.33 bits per heavy atom. The Balaban J connectivity index is 1.83. The van der Waals surface area contributed by atoms with Crippen LogP contribution in [-0.4, -0.2) is 72.4 Å². The number of imide groups is 1. The standard InChI is InChI=1S/C32H42N8O5/c1-18(33-6)29(42)39-27(32(3,4)5)31(44)40(30(43)23-9-8-14-34-23)25-15-22-24(16-26(25)45-7)35-17-36-28(22)38-21-12-10-20(11-13-21)37-19(2)41/h10-13,15-18,23,27,33-34H,8-9,14H2,1-7H3,(H,37,41)(H,39,42)(H,35,36,38)/t18-,23-,27+/m0/s1. The summed E-state index contributed by atoms with van der Waals surface area (Å²) in [5.74, 6) is -0.888. The third-order valence-electron chi connectivity index (χ3n) is 7.67. The van der Waals surface area contributed by atoms with Crippen molar-refractivity contribution in [2.75, 3.05) is 36.2 Å². The molecule has 0 bridgehead atoms. The number of hydrogen-bond acceptors (Lipinski definition) is 10. The zero-order valence-electron chi connectivity index (χ0n) is 26.8. The number of aromatic nitrogens is 2. The Morgan fingerprint density at radius 1 is 1.07 bits per heavy atom. The normalized spacial score (nSPS) is 16.0. The molecule has 2 heterocycles. The molecule has 1 aliphatic rings. The molecular weight excluding hydrogens is 576 g/mol. The summed E-state index contributed by atoms with van der Waals surface area (Å²) in [5, 5.41) is 15.5. The number of anilines is 4. The highest BCUT2D eigenvalue weighted by Crippen LogP contribution is 2.37. The molecule has 0 saturated carbocycles. The predicted octanol–water partition coefficient (Wildman–Crippen LogP) is 3.09. The van der Waals surface area contributed by atoms with Gasteiger partial charge in [-0.05, 0) is 69.1 Å². The van der Waals surface area contributed by atoms with Gasteiger partial charge >= 0.3 is 0 Å². The van der Waals surface area contributed by atoms with E-state index in [2.05, 4.69) is 36.6 Å². The first-order valence-corrected chi connectivity index (χ1v) is 14.9. The molecular formula is C32H42N8O5. The van der Waals surface area contributed by atoms with E-state index in [0.29, 0.717) is 41.1 Å². The molecule has 3 aromatic rings. The molecule has 1 aliphatic heterocycles. The fraction of sp³-hybridized carbons (Fsp3) is 0.438. The second kappa shape index (κ2) is 14.0. The molecule has 13 nitrogen and oxygen atoms in total. The molecule has 3 atom stereocenters. The van der Waals surface area contributed by atoms with E-state index in [9.17, 15) is 19.2 Å². The number of amides is 4. The van der Waals surface area contributed by atoms with Crippen LogP contribution >= 0.6 is 0 Å². The Kier molecular flexibility index (Phi) is 10.3. The van der Waals surface area contributed by atoms with Gasteiger partial charge in [-0.25, -0.2) is 14.9 Å². The van der Waals surface area contributed by atoms with Crippen molar-refractivity contribution in [1.29, 1.82) is 0 Å². The second-order valence-electron chi connectivity index (χ2n) is 12.1. The van der Waals surface area contributed by atoms with Gasteiger partial charge in [0.1, 0.15) is 23.9 Å². The van der Waals surface area contributed by atoms with Gasteiger partial charge < -0.3 is 31.3 Å². The topological polar surface area (TPSA) is 167 Å². The molecule has 1 saturated heterocycles. The van der Waals surface area contributed by atoms with Gasteiger partial charge in [-0.3, -0.25) is 19.2 Å². The lowest BCUT2D eigenvalue weighted by Crippen LogP contribution is -2.60. The summed E-state index contributed by atoms with van der Waals surface area (Å²) in [6.07, 6.45) is 2.75. The number of benzene rings is 2. The zero-order valence-corrected chi connectivity index (χ0v) is 26.8. The highest BCUT2D eigenvalue weighted by atomic mass is 16.5. The van der Waals surface area contributed by atoms with Gasteiger partial charge in [0, 0.05) is 29.8 Å². The summed E-state index contributed by atoms with van der Waals surface area (Å²) in [4.78, 5) is 63.1. The van der Waals surface area contributed by atoms with E-state index in [4.69, 9.17) is 4.74 Å². The van der Waals surface area contributed by atoms with Gasteiger partial charge in [0.05, 0.1) is 30.4 Å². The largest absolute Gasteiger partial charge is 0.494 e. The lowest BCUT2D eigenvalue weighted by molar-refractivity contribution is -0.134. The van der Waals surface area contributed by atoms with E-state index in [0.717, 1.165) is 11.3 Å². The van der Waals surface area contributed by atoms with Crippen molar-refractivity contribution in [1.82, 2.24) is 25.9 Å². The monoisotopic (exact) mass is 618 g/mol. The fourth-order valence-corrected chi connectivity index (χ4v) is 5.06. The summed E-state index contributed by atoms with van der Waals surface area (Å²) < 4.78 is 5.72. The van der Waals surface area contributed by atoms with Crippen molar-refractivity contribution in [3.8, 4) is 5.75 Å². The van der Waals surface area contributed by atoms with Crippen LogP contribution in [0.3, 0.4) is 0 Å². The first-order valence-electron chi connectivity index (χ1n) is 14.9. The Labute approximate surface area is 262 Å². The van der Waals surface area contributed by atoms with Crippen molar-refractivity contribution >= 4 is 57.4 Å². The number of methoxy groups -OCH3 is 1. The number of carbonyl (C=O) groups excluding carboxylic acids is 4. The summed E-state index contributed by atoms with van der Waals surface area (Å²) in [7, 11) is 3.12. The summed E-state index contributed by atoms with van der Waals surface area (Å²) in [5.41, 5.74) is 1.31. The number of carbonyl (C=O) groups is 4. The number of fused-ring (bicyclic) bond motifs is 1. The number of ether oxygens (including phenoxy) is 1. The molecule has 0 unspecified atom stereocenters. The number of nitrogens with one attached hydrogen (secondary N) is 5. The van der Waals surface area contributed by atoms with Crippen molar-refractivity contribution in [2.45, 2.75) is 65.6 Å². The highest BCUT2D eigenvalue weighted by Gasteiger charge is 2.42. The second-order valence-corrected chi connectivity index (χ2v) is 12.1. The van der Waals surface area contributed by atoms with Crippen LogP contribution in [0.1, 0.15) is 47.5 Å². The summed E-state index contributed by atoms with van der Waals surface area (Å²) in [6, 6.07) is 8.21. The molecule has 5 N–H and O–H groups in total. The van der Waals surface area contributed by atoms with Crippen LogP contribution in [0.2, 0.25) is 0 Å². The average molecular weight is 619 g/mol. The molecule has 1 fully saturated rings. The van der Waals surface area contributed by atoms with Crippen LogP contribution < -0.4 is 36.2 Å². The lowest BCUT2D eigenvalue weighted by atomic mass is 9.85. The molecule has 0 spiro atoms. The van der Waals surface area contributed by atoms with Crippen molar-refractivity contribution in [3.63, 3.8) is 0 Å². The molecule has 4 amide bonds. The average Bonchev–Trinajstić information content (AvgIpc) is 3.54. The van der Waals surface area contributed by atoms with Crippen LogP contribution in [0.5, 0.6) is 5.75 Å². The SMILES string of the molecule is CN[C@@H](C)C(=O)N[C@H](C(=O)N(C(=O)[C@@H]1CCCN1)c1cc2c(Nc3ccc(NC(C)=O)cc3)ncnc2cc1OC)C(C)(C)C. The molecule has 1 aromatic heterocycles. The van der Waals surface area contributed by atoms with Gasteiger partial charge in [0.15, 0.2) is 0 Å². The first kappa shape index (κ1) is 33.3. The zero-order chi connectivity index (χ0) is 32.9. The predicted molar refractivity (Wildman–Crippen MR) is 174 cm³/mol. The van der Waals surface area contributed by atoms with E-state index in [-0.39, 0.29) is 23.3 Å². The maximum atomic E-state index is 14.5. The molecule has 2 aromatic carbocycles. The van der Waals surface area contributed by atoms with Crippen LogP contribution in [-0.2, 0) is 19.2 Å². The third kappa shape index (κ3) is 7.73. The molecule has 0 aliphatic carbocycles. The van der Waals surface area contributed by atoms with Crippen LogP contribution in [0, 0.1) is 5.41 Å². The summed E-state index contributed by atoms with van der Waals surface area (Å²) in [6.45, 7) is 9.28. The van der Waals surface area contributed by atoms with E-state index < -0.39 is 35.4 Å². The fourth-order valence-electron chi connectivity index (χ4n) is 5.06. The quantitative estimate of drug-likeness (QED) is 0.228. The molecule has 45 heavy (non-hydrogen) atoms. The molecule has 13 heteroatoms. The Morgan fingerprint density at radius 2 is 1.76 bits per heavy atom. The minimum atomic E-state index is -1.04. The maximum absolute atomic E-state index is 14.5. The van der Waals surface area contributed by atoms with Gasteiger partial charge in [0.2, 0.25) is 11.8 Å². The van der Waals surface area contributed by atoms with Crippen LogP contribution in [0.15, 0.2) is 42.7 Å². The molecule has 0 radical (unpaired) electrons. The van der Waals surface area contributed by atoms with E-state index in [1.807, 2.05) is 20.8 Å². The first-order chi connectivity index (χ1) is 21.3. The molecule has 240 valence electrons. The number of hydrogen-bond donors (Lipinski definition) is 5. The number of nitrogens with zero attached hydrogens (tertiary/aromatic N) is 3. The van der Waals surface area contributed by atoms with Crippen molar-refractivity contribution in [3.05, 3.63) is 42.7 Å². The maximum Gasteiger partial charge on any atom is 0.257 e. The lowest BCUT2D eigenvalue weighted by Gasteiger charge is -2.36. The number of rotatable bonds is 10.